The zero-order valence-electron chi connectivity index (χ0n) is 9.38. The molecule has 0 spiro atoms. The predicted octanol–water partition coefficient (Wildman–Crippen LogP) is 4.53. The molecule has 0 heterocycles. The highest BCUT2D eigenvalue weighted by Crippen LogP contribution is 2.38. The third-order valence-electron chi connectivity index (χ3n) is 3.43. The molecule has 1 aliphatic rings. The maximum absolute atomic E-state index is 3.56. The Morgan fingerprint density at radius 3 is 2.67 bits per heavy atom. The summed E-state index contributed by atoms with van der Waals surface area (Å²) in [5.41, 5.74) is 3.20. The zero-order chi connectivity index (χ0) is 10.7. The van der Waals surface area contributed by atoms with E-state index >= 15 is 0 Å². The van der Waals surface area contributed by atoms with Gasteiger partial charge in [0.1, 0.15) is 0 Å². The fourth-order valence-electron chi connectivity index (χ4n) is 2.27. The first-order valence-corrected chi connectivity index (χ1v) is 7.07. The standard InChI is InChI=1S/C14H19Br/c1-11(10-15)9-13-5-2-3-8-14(13)12-6-4-7-12/h2-3,5,8,11-12H,4,6-7,9-10H2,1H3. The SMILES string of the molecule is CC(CBr)Cc1ccccc1C1CCC1. The lowest BCUT2D eigenvalue weighted by atomic mass is 9.77. The Kier molecular flexibility index (Phi) is 3.85. The molecule has 0 aliphatic heterocycles. The number of alkyl halides is 1. The molecule has 1 unspecified atom stereocenters. The van der Waals surface area contributed by atoms with Gasteiger partial charge in [0.2, 0.25) is 0 Å². The normalized spacial score (nSPS) is 18.5. The molecule has 1 aromatic carbocycles. The zero-order valence-corrected chi connectivity index (χ0v) is 11.0. The molecule has 0 saturated heterocycles. The van der Waals surface area contributed by atoms with Crippen LogP contribution < -0.4 is 0 Å². The molecule has 15 heavy (non-hydrogen) atoms. The molecule has 0 aromatic heterocycles. The Hall–Kier alpha value is -0.300. The van der Waals surface area contributed by atoms with Crippen molar-refractivity contribution in [3.8, 4) is 0 Å². The highest BCUT2D eigenvalue weighted by atomic mass is 79.9. The average molecular weight is 267 g/mol. The van der Waals surface area contributed by atoms with Crippen molar-refractivity contribution in [2.24, 2.45) is 5.92 Å². The van der Waals surface area contributed by atoms with Gasteiger partial charge < -0.3 is 0 Å². The second-order valence-corrected chi connectivity index (χ2v) is 5.44. The van der Waals surface area contributed by atoms with Crippen LogP contribution >= 0.6 is 15.9 Å². The molecule has 1 aromatic rings. The lowest BCUT2D eigenvalue weighted by Crippen LogP contribution is -2.13. The predicted molar refractivity (Wildman–Crippen MR) is 69.7 cm³/mol. The second-order valence-electron chi connectivity index (χ2n) is 4.79. The van der Waals surface area contributed by atoms with E-state index in [9.17, 15) is 0 Å². The first kappa shape index (κ1) is 11.2. The van der Waals surface area contributed by atoms with Crippen molar-refractivity contribution in [2.45, 2.75) is 38.5 Å². The lowest BCUT2D eigenvalue weighted by molar-refractivity contribution is 0.416. The van der Waals surface area contributed by atoms with Crippen molar-refractivity contribution in [1.29, 1.82) is 0 Å². The third-order valence-corrected chi connectivity index (χ3v) is 4.54. The molecule has 1 atom stereocenters. The number of rotatable bonds is 4. The summed E-state index contributed by atoms with van der Waals surface area (Å²) in [6.07, 6.45) is 5.45. The molecule has 0 amide bonds. The van der Waals surface area contributed by atoms with Crippen LogP contribution in [0.1, 0.15) is 43.2 Å². The number of benzene rings is 1. The molecular weight excluding hydrogens is 248 g/mol. The van der Waals surface area contributed by atoms with Gasteiger partial charge in [0.25, 0.3) is 0 Å². The van der Waals surface area contributed by atoms with Crippen molar-refractivity contribution < 1.29 is 0 Å². The Morgan fingerprint density at radius 2 is 2.07 bits per heavy atom. The summed E-state index contributed by atoms with van der Waals surface area (Å²) in [6.45, 7) is 2.31. The smallest absolute Gasteiger partial charge is 0.00602 e. The summed E-state index contributed by atoms with van der Waals surface area (Å²) in [7, 11) is 0. The van der Waals surface area contributed by atoms with Gasteiger partial charge in [-0.3, -0.25) is 0 Å². The molecule has 1 aliphatic carbocycles. The number of hydrogen-bond donors (Lipinski definition) is 0. The molecule has 2 rings (SSSR count). The molecule has 82 valence electrons. The Labute approximate surface area is 101 Å². The summed E-state index contributed by atoms with van der Waals surface area (Å²) in [5.74, 6) is 1.61. The topological polar surface area (TPSA) is 0 Å². The summed E-state index contributed by atoms with van der Waals surface area (Å²) in [6, 6.07) is 9.02. The van der Waals surface area contributed by atoms with E-state index in [1.165, 1.54) is 25.7 Å². The summed E-state index contributed by atoms with van der Waals surface area (Å²) >= 11 is 3.56. The second kappa shape index (κ2) is 5.16. The van der Waals surface area contributed by atoms with E-state index in [4.69, 9.17) is 0 Å². The molecule has 1 heteroatoms. The molecule has 1 saturated carbocycles. The van der Waals surface area contributed by atoms with Crippen molar-refractivity contribution >= 4 is 15.9 Å². The van der Waals surface area contributed by atoms with Crippen LogP contribution in [0.5, 0.6) is 0 Å². The number of hydrogen-bond acceptors (Lipinski definition) is 0. The maximum Gasteiger partial charge on any atom is 0.00602 e. The van der Waals surface area contributed by atoms with Crippen LogP contribution in [0.3, 0.4) is 0 Å². The van der Waals surface area contributed by atoms with E-state index in [0.717, 1.165) is 17.2 Å². The van der Waals surface area contributed by atoms with Crippen molar-refractivity contribution in [3.05, 3.63) is 35.4 Å². The fraction of sp³-hybridized carbons (Fsp3) is 0.571. The largest absolute Gasteiger partial charge is 0.0925 e. The molecule has 0 radical (unpaired) electrons. The van der Waals surface area contributed by atoms with Gasteiger partial charge in [-0.1, -0.05) is 53.5 Å². The average Bonchev–Trinajstić information content (AvgIpc) is 2.18. The minimum atomic E-state index is 0.742. The molecule has 0 nitrogen and oxygen atoms in total. The molecule has 0 bridgehead atoms. The minimum Gasteiger partial charge on any atom is -0.0925 e. The Balaban J connectivity index is 2.14. The van der Waals surface area contributed by atoms with Crippen LogP contribution in [0, 0.1) is 5.92 Å². The summed E-state index contributed by atoms with van der Waals surface area (Å²) < 4.78 is 0. The van der Waals surface area contributed by atoms with Crippen molar-refractivity contribution in [1.82, 2.24) is 0 Å². The van der Waals surface area contributed by atoms with Gasteiger partial charge in [-0.05, 0) is 42.2 Å². The van der Waals surface area contributed by atoms with Crippen LogP contribution in [0.4, 0.5) is 0 Å². The van der Waals surface area contributed by atoms with Gasteiger partial charge in [0.05, 0.1) is 0 Å². The van der Waals surface area contributed by atoms with Crippen LogP contribution in [0.2, 0.25) is 0 Å². The van der Waals surface area contributed by atoms with Crippen LogP contribution in [-0.2, 0) is 6.42 Å². The quantitative estimate of drug-likeness (QED) is 0.703. The minimum absolute atomic E-state index is 0.742. The van der Waals surface area contributed by atoms with Crippen LogP contribution in [-0.4, -0.2) is 5.33 Å². The van der Waals surface area contributed by atoms with Gasteiger partial charge >= 0.3 is 0 Å². The summed E-state index contributed by atoms with van der Waals surface area (Å²) in [5, 5.41) is 1.10. The molecule has 0 N–H and O–H groups in total. The van der Waals surface area contributed by atoms with Gasteiger partial charge in [-0.25, -0.2) is 0 Å². The monoisotopic (exact) mass is 266 g/mol. The Morgan fingerprint density at radius 1 is 1.33 bits per heavy atom. The highest BCUT2D eigenvalue weighted by Gasteiger charge is 2.21. The van der Waals surface area contributed by atoms with Crippen LogP contribution in [0.15, 0.2) is 24.3 Å². The van der Waals surface area contributed by atoms with Crippen molar-refractivity contribution in [2.75, 3.05) is 5.33 Å². The first-order valence-electron chi connectivity index (χ1n) is 5.95. The van der Waals surface area contributed by atoms with E-state index in [2.05, 4.69) is 47.1 Å². The van der Waals surface area contributed by atoms with Gasteiger partial charge in [-0.15, -0.1) is 0 Å². The lowest BCUT2D eigenvalue weighted by Gasteiger charge is -2.28. The van der Waals surface area contributed by atoms with Gasteiger partial charge in [0.15, 0.2) is 0 Å². The van der Waals surface area contributed by atoms with Gasteiger partial charge in [0, 0.05) is 5.33 Å². The van der Waals surface area contributed by atoms with E-state index < -0.39 is 0 Å². The van der Waals surface area contributed by atoms with E-state index in [1.54, 1.807) is 11.1 Å². The molecular formula is C14H19Br. The molecule has 1 fully saturated rings. The highest BCUT2D eigenvalue weighted by molar-refractivity contribution is 9.09. The number of halogens is 1. The van der Waals surface area contributed by atoms with Gasteiger partial charge in [-0.2, -0.15) is 0 Å². The Bertz CT molecular complexity index is 315. The summed E-state index contributed by atoms with van der Waals surface area (Å²) in [4.78, 5) is 0. The van der Waals surface area contributed by atoms with Crippen LogP contribution in [0.25, 0.3) is 0 Å². The van der Waals surface area contributed by atoms with E-state index in [-0.39, 0.29) is 0 Å². The van der Waals surface area contributed by atoms with E-state index in [0.29, 0.717) is 0 Å². The third kappa shape index (κ3) is 2.63. The van der Waals surface area contributed by atoms with E-state index in [1.807, 2.05) is 0 Å². The van der Waals surface area contributed by atoms with Crippen molar-refractivity contribution in [3.63, 3.8) is 0 Å². The fourth-order valence-corrected chi connectivity index (χ4v) is 2.50. The first-order chi connectivity index (χ1) is 7.31. The maximum atomic E-state index is 3.56.